The number of allylic oxidation sites excluding steroid dienone is 8. The van der Waals surface area contributed by atoms with Gasteiger partial charge in [0.2, 0.25) is 0 Å². The lowest BCUT2D eigenvalue weighted by atomic mass is 10.1. The third kappa shape index (κ3) is 9.22. The van der Waals surface area contributed by atoms with Crippen LogP contribution in [0.3, 0.4) is 0 Å². The summed E-state index contributed by atoms with van der Waals surface area (Å²) in [6.45, 7) is 0. The second kappa shape index (κ2) is 10.6. The largest absolute Gasteiger partial charge is 0.168 e. The Labute approximate surface area is 115 Å². The van der Waals surface area contributed by atoms with Gasteiger partial charge in [0.25, 0.3) is 0 Å². The monoisotopic (exact) mass is 242 g/mol. The second-order valence-corrected chi connectivity index (χ2v) is 5.34. The van der Waals surface area contributed by atoms with Gasteiger partial charge in [-0.25, -0.2) is 0 Å². The average Bonchev–Trinajstić information content (AvgIpc) is 2.32. The first-order valence-electron chi connectivity index (χ1n) is 6.84. The van der Waals surface area contributed by atoms with Crippen LogP contribution >= 0.6 is 0 Å². The van der Waals surface area contributed by atoms with E-state index in [9.17, 15) is 0 Å². The van der Waals surface area contributed by atoms with Gasteiger partial charge in [-0.2, -0.15) is 4.44 Å². The summed E-state index contributed by atoms with van der Waals surface area (Å²) in [6, 6.07) is 0. The van der Waals surface area contributed by atoms with Crippen LogP contribution in [0.2, 0.25) is 0 Å². The highest BCUT2D eigenvalue weighted by molar-refractivity contribution is 6.21. The van der Waals surface area contributed by atoms with E-state index in [0.29, 0.717) is 0 Å². The molecule has 0 aliphatic heterocycles. The summed E-state index contributed by atoms with van der Waals surface area (Å²) in [6.07, 6.45) is 25.7. The fraction of sp³-hybridized carbons (Fsp3) is 0.500. The maximum Gasteiger partial charge on any atom is 0.168 e. The first-order valence-corrected chi connectivity index (χ1v) is 7.42. The van der Waals surface area contributed by atoms with Crippen molar-refractivity contribution in [3.8, 4) is 0 Å². The minimum Gasteiger partial charge on any atom is -0.159 e. The Morgan fingerprint density at radius 3 is 2.24 bits per heavy atom. The molecule has 0 nitrogen and oxygen atoms in total. The highest BCUT2D eigenvalue weighted by Gasteiger charge is 1.92. The van der Waals surface area contributed by atoms with Crippen molar-refractivity contribution in [1.82, 2.24) is 0 Å². The summed E-state index contributed by atoms with van der Waals surface area (Å²) >= 11 is 2.85. The van der Waals surface area contributed by atoms with E-state index in [1.807, 2.05) is 0 Å². The second-order valence-electron chi connectivity index (χ2n) is 4.60. The van der Waals surface area contributed by atoms with Crippen LogP contribution in [-0.2, 0) is 0 Å². The molecule has 0 N–H and O–H groups in total. The normalized spacial score (nSPS) is 28.8. The van der Waals surface area contributed by atoms with Crippen LogP contribution in [-0.4, -0.2) is 16.3 Å². The van der Waals surface area contributed by atoms with Crippen molar-refractivity contribution < 1.29 is 0 Å². The predicted molar refractivity (Wildman–Crippen MR) is 78.2 cm³/mol. The average molecular weight is 242 g/mol. The van der Waals surface area contributed by atoms with Crippen LogP contribution in [0.1, 0.15) is 51.4 Å². The van der Waals surface area contributed by atoms with Crippen molar-refractivity contribution in [3.05, 3.63) is 47.0 Å². The minimum atomic E-state index is 1.22. The van der Waals surface area contributed by atoms with Crippen molar-refractivity contribution in [2.24, 2.45) is 0 Å². The fourth-order valence-corrected chi connectivity index (χ4v) is 2.24. The first-order chi connectivity index (χ1) is 8.39. The third-order valence-corrected chi connectivity index (χ3v) is 3.46. The highest BCUT2D eigenvalue weighted by atomic mass is 27.0. The van der Waals surface area contributed by atoms with Crippen LogP contribution in [0.5, 0.6) is 0 Å². The summed E-state index contributed by atoms with van der Waals surface area (Å²) in [5.41, 5.74) is 0. The molecule has 2 radical (unpaired) electrons. The molecule has 0 unspecified atom stereocenters. The standard InChI is InChI=1S/C16H23.Al/c1-2-4-6-8-10-12-14-16-15-13-11-9-7-5-3-1;/h1-7H,8,10-16H2;/b2-1+,5-3+,6-4-,9-7?;. The van der Waals surface area contributed by atoms with Crippen molar-refractivity contribution >= 4 is 16.3 Å². The zero-order valence-corrected chi connectivity index (χ0v) is 11.9. The zero-order valence-electron chi connectivity index (χ0n) is 10.8. The summed E-state index contributed by atoms with van der Waals surface area (Å²) in [5.74, 6) is 0. The van der Waals surface area contributed by atoms with Gasteiger partial charge in [-0.3, -0.25) is 0 Å². The van der Waals surface area contributed by atoms with Gasteiger partial charge in [0.15, 0.2) is 16.3 Å². The SMILES string of the molecule is [Al]/[C]1=C/C=C/C=C/C=C\CCCCCCCC1. The van der Waals surface area contributed by atoms with E-state index in [1.54, 1.807) is 0 Å². The highest BCUT2D eigenvalue weighted by Crippen LogP contribution is 2.11. The van der Waals surface area contributed by atoms with Crippen molar-refractivity contribution in [1.29, 1.82) is 0 Å². The Morgan fingerprint density at radius 2 is 1.35 bits per heavy atom. The van der Waals surface area contributed by atoms with E-state index in [0.717, 1.165) is 0 Å². The molecule has 1 rings (SSSR count). The topological polar surface area (TPSA) is 0 Å². The van der Waals surface area contributed by atoms with Crippen LogP contribution in [0, 0.1) is 0 Å². The van der Waals surface area contributed by atoms with Crippen molar-refractivity contribution in [2.45, 2.75) is 51.4 Å². The molecule has 0 aromatic heterocycles. The van der Waals surface area contributed by atoms with E-state index < -0.39 is 0 Å². The minimum absolute atomic E-state index is 1.22. The van der Waals surface area contributed by atoms with Gasteiger partial charge in [0.1, 0.15) is 0 Å². The number of hydrogen-bond acceptors (Lipinski definition) is 0. The number of rotatable bonds is 0. The van der Waals surface area contributed by atoms with E-state index in [-0.39, 0.29) is 0 Å². The Balaban J connectivity index is 2.42. The van der Waals surface area contributed by atoms with E-state index in [2.05, 4.69) is 58.8 Å². The molecular formula is C16H23Al. The van der Waals surface area contributed by atoms with E-state index >= 15 is 0 Å². The van der Waals surface area contributed by atoms with Crippen molar-refractivity contribution in [2.75, 3.05) is 0 Å². The molecule has 0 bridgehead atoms. The molecule has 0 aromatic rings. The Bertz CT molecular complexity index is 295. The predicted octanol–water partition coefficient (Wildman–Crippen LogP) is 4.84. The third-order valence-electron chi connectivity index (χ3n) is 2.98. The molecule has 17 heavy (non-hydrogen) atoms. The van der Waals surface area contributed by atoms with Crippen LogP contribution < -0.4 is 0 Å². The maximum absolute atomic E-state index is 2.85. The molecule has 0 fully saturated rings. The van der Waals surface area contributed by atoms with Crippen LogP contribution in [0.4, 0.5) is 0 Å². The number of hydrogen-bond donors (Lipinski definition) is 0. The van der Waals surface area contributed by atoms with Gasteiger partial charge in [0.05, 0.1) is 0 Å². The molecule has 0 heterocycles. The first kappa shape index (κ1) is 14.6. The lowest BCUT2D eigenvalue weighted by Crippen LogP contribution is -1.84. The quantitative estimate of drug-likeness (QED) is 0.533. The molecule has 0 saturated heterocycles. The molecule has 0 saturated carbocycles. The molecule has 1 aliphatic carbocycles. The molecule has 0 aromatic carbocycles. The van der Waals surface area contributed by atoms with Gasteiger partial charge in [-0.05, 0) is 19.3 Å². The maximum atomic E-state index is 2.85. The van der Waals surface area contributed by atoms with Gasteiger partial charge >= 0.3 is 0 Å². The van der Waals surface area contributed by atoms with Crippen molar-refractivity contribution in [3.63, 3.8) is 0 Å². The Morgan fingerprint density at radius 1 is 0.706 bits per heavy atom. The van der Waals surface area contributed by atoms with Crippen LogP contribution in [0.15, 0.2) is 47.0 Å². The lowest BCUT2D eigenvalue weighted by molar-refractivity contribution is 0.599. The molecule has 0 amide bonds. The molecule has 90 valence electrons. The zero-order chi connectivity index (χ0) is 12.2. The molecule has 0 atom stereocenters. The molecule has 0 spiro atoms. The fourth-order valence-electron chi connectivity index (χ4n) is 1.93. The summed E-state index contributed by atoms with van der Waals surface area (Å²) < 4.78 is 1.41. The summed E-state index contributed by atoms with van der Waals surface area (Å²) in [5, 5.41) is 0. The van der Waals surface area contributed by atoms with Gasteiger partial charge in [-0.15, -0.1) is 0 Å². The molecule has 1 heteroatoms. The Hall–Kier alpha value is -0.508. The lowest BCUT2D eigenvalue weighted by Gasteiger charge is -2.02. The summed E-state index contributed by atoms with van der Waals surface area (Å²) in [4.78, 5) is 0. The van der Waals surface area contributed by atoms with Gasteiger partial charge < -0.3 is 0 Å². The van der Waals surface area contributed by atoms with Crippen LogP contribution in [0.25, 0.3) is 0 Å². The Kier molecular flexibility index (Phi) is 9.10. The molecular weight excluding hydrogens is 219 g/mol. The summed E-state index contributed by atoms with van der Waals surface area (Å²) in [7, 11) is 0. The smallest absolute Gasteiger partial charge is 0.159 e. The molecule has 1 aliphatic rings. The van der Waals surface area contributed by atoms with E-state index in [1.165, 1.54) is 55.8 Å². The van der Waals surface area contributed by atoms with Gasteiger partial charge in [0, 0.05) is 0 Å². The van der Waals surface area contributed by atoms with Gasteiger partial charge in [-0.1, -0.05) is 74.6 Å². The van der Waals surface area contributed by atoms with E-state index in [4.69, 9.17) is 0 Å².